The van der Waals surface area contributed by atoms with Crippen molar-refractivity contribution in [2.24, 2.45) is 0 Å². The predicted molar refractivity (Wildman–Crippen MR) is 71.4 cm³/mol. The van der Waals surface area contributed by atoms with E-state index in [-0.39, 0.29) is 6.42 Å². The molecule has 3 heteroatoms. The largest absolute Gasteiger partial charge is 0.466 e. The molecular formula is C16H15FO2. The molecule has 0 aliphatic carbocycles. The first-order chi connectivity index (χ1) is 9.16. The van der Waals surface area contributed by atoms with Crippen LogP contribution in [0.15, 0.2) is 60.7 Å². The highest BCUT2D eigenvalue weighted by Gasteiger charge is 2.41. The number of carbonyl (C=O) groups is 1. The summed E-state index contributed by atoms with van der Waals surface area (Å²) in [5, 5.41) is 0. The van der Waals surface area contributed by atoms with Crippen LogP contribution in [-0.4, -0.2) is 13.1 Å². The van der Waals surface area contributed by atoms with E-state index in [9.17, 15) is 4.79 Å². The molecule has 0 heterocycles. The van der Waals surface area contributed by atoms with Crippen LogP contribution in [0.1, 0.15) is 11.1 Å². The van der Waals surface area contributed by atoms with E-state index in [2.05, 4.69) is 4.74 Å². The maximum Gasteiger partial charge on any atom is 0.348 e. The van der Waals surface area contributed by atoms with E-state index < -0.39 is 11.6 Å². The molecule has 0 amide bonds. The first kappa shape index (κ1) is 13.3. The Morgan fingerprint density at radius 2 is 1.58 bits per heavy atom. The monoisotopic (exact) mass is 258 g/mol. The minimum atomic E-state index is -2.16. The smallest absolute Gasteiger partial charge is 0.348 e. The number of carbonyl (C=O) groups excluding carboxylic acids is 1. The van der Waals surface area contributed by atoms with Crippen molar-refractivity contribution in [3.05, 3.63) is 71.8 Å². The van der Waals surface area contributed by atoms with Crippen LogP contribution in [0.4, 0.5) is 4.39 Å². The summed E-state index contributed by atoms with van der Waals surface area (Å²) in [6.45, 7) is 0. The van der Waals surface area contributed by atoms with Gasteiger partial charge in [-0.15, -0.1) is 0 Å². The van der Waals surface area contributed by atoms with Gasteiger partial charge in [-0.2, -0.15) is 0 Å². The summed E-state index contributed by atoms with van der Waals surface area (Å²) in [6, 6.07) is 17.5. The molecule has 98 valence electrons. The van der Waals surface area contributed by atoms with Crippen LogP contribution >= 0.6 is 0 Å². The molecule has 1 atom stereocenters. The van der Waals surface area contributed by atoms with E-state index >= 15 is 4.39 Å². The zero-order chi connectivity index (χ0) is 13.7. The van der Waals surface area contributed by atoms with Gasteiger partial charge in [-0.1, -0.05) is 60.7 Å². The number of esters is 1. The van der Waals surface area contributed by atoms with Gasteiger partial charge < -0.3 is 4.74 Å². The van der Waals surface area contributed by atoms with Crippen molar-refractivity contribution in [3.63, 3.8) is 0 Å². The van der Waals surface area contributed by atoms with E-state index in [0.717, 1.165) is 5.56 Å². The Hall–Kier alpha value is -2.16. The molecule has 0 bridgehead atoms. The van der Waals surface area contributed by atoms with Crippen LogP contribution in [0.5, 0.6) is 0 Å². The average Bonchev–Trinajstić information content (AvgIpc) is 2.48. The van der Waals surface area contributed by atoms with Gasteiger partial charge in [-0.25, -0.2) is 9.18 Å². The Balaban J connectivity index is 2.39. The molecule has 1 unspecified atom stereocenters. The lowest BCUT2D eigenvalue weighted by Crippen LogP contribution is -2.34. The molecule has 0 aromatic heterocycles. The van der Waals surface area contributed by atoms with Crippen LogP contribution in [0.2, 0.25) is 0 Å². The van der Waals surface area contributed by atoms with Crippen LogP contribution < -0.4 is 0 Å². The van der Waals surface area contributed by atoms with Crippen LogP contribution in [0.3, 0.4) is 0 Å². The number of hydrogen-bond donors (Lipinski definition) is 0. The first-order valence-electron chi connectivity index (χ1n) is 6.03. The Labute approximate surface area is 111 Å². The molecule has 2 aromatic carbocycles. The van der Waals surface area contributed by atoms with E-state index in [0.29, 0.717) is 5.56 Å². The van der Waals surface area contributed by atoms with E-state index in [1.54, 1.807) is 42.5 Å². The standard InChI is InChI=1S/C16H15FO2/c1-19-15(18)16(17,14-10-6-3-7-11-14)12-13-8-4-2-5-9-13/h2-11H,12H2,1H3. The number of ether oxygens (including phenoxy) is 1. The summed E-state index contributed by atoms with van der Waals surface area (Å²) in [6.07, 6.45) is -0.0372. The minimum absolute atomic E-state index is 0.0372. The molecule has 0 aliphatic heterocycles. The van der Waals surface area contributed by atoms with Crippen molar-refractivity contribution in [3.8, 4) is 0 Å². The molecule has 2 nitrogen and oxygen atoms in total. The highest BCUT2D eigenvalue weighted by atomic mass is 19.1. The van der Waals surface area contributed by atoms with Gasteiger partial charge in [0.25, 0.3) is 0 Å². The Kier molecular flexibility index (Phi) is 3.95. The Morgan fingerprint density at radius 1 is 1.05 bits per heavy atom. The topological polar surface area (TPSA) is 26.3 Å². The zero-order valence-electron chi connectivity index (χ0n) is 10.7. The second kappa shape index (κ2) is 5.65. The van der Waals surface area contributed by atoms with Gasteiger partial charge in [0.15, 0.2) is 0 Å². The molecule has 19 heavy (non-hydrogen) atoms. The first-order valence-corrected chi connectivity index (χ1v) is 6.03. The lowest BCUT2D eigenvalue weighted by Gasteiger charge is -2.23. The maximum absolute atomic E-state index is 15.1. The van der Waals surface area contributed by atoms with Crippen LogP contribution in [-0.2, 0) is 21.6 Å². The summed E-state index contributed by atoms with van der Waals surface area (Å²) in [4.78, 5) is 11.8. The molecule has 0 saturated heterocycles. The van der Waals surface area contributed by atoms with Gasteiger partial charge in [-0.05, 0) is 5.56 Å². The summed E-state index contributed by atoms with van der Waals surface area (Å²) >= 11 is 0. The summed E-state index contributed by atoms with van der Waals surface area (Å²) < 4.78 is 19.8. The molecule has 0 spiro atoms. The number of halogens is 1. The minimum Gasteiger partial charge on any atom is -0.466 e. The SMILES string of the molecule is COC(=O)C(F)(Cc1ccccc1)c1ccccc1. The fourth-order valence-electron chi connectivity index (χ4n) is 2.03. The second-order valence-corrected chi connectivity index (χ2v) is 4.32. The number of methoxy groups -OCH3 is 1. The van der Waals surface area contributed by atoms with Gasteiger partial charge in [0, 0.05) is 12.0 Å². The van der Waals surface area contributed by atoms with Crippen molar-refractivity contribution < 1.29 is 13.9 Å². The van der Waals surface area contributed by atoms with Gasteiger partial charge in [-0.3, -0.25) is 0 Å². The maximum atomic E-state index is 15.1. The lowest BCUT2D eigenvalue weighted by atomic mass is 9.89. The van der Waals surface area contributed by atoms with Gasteiger partial charge in [0.2, 0.25) is 5.67 Å². The Bertz CT molecular complexity index is 539. The number of rotatable bonds is 4. The molecule has 0 saturated carbocycles. The van der Waals surface area contributed by atoms with Crippen LogP contribution in [0.25, 0.3) is 0 Å². The third kappa shape index (κ3) is 2.81. The fraction of sp³-hybridized carbons (Fsp3) is 0.188. The number of benzene rings is 2. The molecule has 0 N–H and O–H groups in total. The molecule has 0 fully saturated rings. The molecule has 2 rings (SSSR count). The quantitative estimate of drug-likeness (QED) is 0.787. The number of alkyl halides is 1. The predicted octanol–water partition coefficient (Wildman–Crippen LogP) is 3.27. The van der Waals surface area contributed by atoms with Crippen molar-refractivity contribution >= 4 is 5.97 Å². The van der Waals surface area contributed by atoms with E-state index in [4.69, 9.17) is 0 Å². The van der Waals surface area contributed by atoms with Gasteiger partial charge in [0.05, 0.1) is 7.11 Å². The Morgan fingerprint density at radius 3 is 2.11 bits per heavy atom. The highest BCUT2D eigenvalue weighted by molar-refractivity contribution is 5.81. The van der Waals surface area contributed by atoms with E-state index in [1.807, 2.05) is 18.2 Å². The summed E-state index contributed by atoms with van der Waals surface area (Å²) in [5.41, 5.74) is -1.10. The van der Waals surface area contributed by atoms with Crippen molar-refractivity contribution in [1.82, 2.24) is 0 Å². The van der Waals surface area contributed by atoms with Gasteiger partial charge >= 0.3 is 5.97 Å². The fourth-order valence-corrected chi connectivity index (χ4v) is 2.03. The highest BCUT2D eigenvalue weighted by Crippen LogP contribution is 2.31. The number of hydrogen-bond acceptors (Lipinski definition) is 2. The van der Waals surface area contributed by atoms with Crippen molar-refractivity contribution in [2.75, 3.05) is 7.11 Å². The zero-order valence-corrected chi connectivity index (χ0v) is 10.7. The van der Waals surface area contributed by atoms with Crippen molar-refractivity contribution in [2.45, 2.75) is 12.1 Å². The molecular weight excluding hydrogens is 243 g/mol. The lowest BCUT2D eigenvalue weighted by molar-refractivity contribution is -0.155. The third-order valence-corrected chi connectivity index (χ3v) is 3.03. The van der Waals surface area contributed by atoms with Gasteiger partial charge in [0.1, 0.15) is 0 Å². The average molecular weight is 258 g/mol. The molecule has 2 aromatic rings. The second-order valence-electron chi connectivity index (χ2n) is 4.32. The molecule has 0 radical (unpaired) electrons. The summed E-state index contributed by atoms with van der Waals surface area (Å²) in [7, 11) is 1.20. The van der Waals surface area contributed by atoms with E-state index in [1.165, 1.54) is 7.11 Å². The van der Waals surface area contributed by atoms with Crippen molar-refractivity contribution in [1.29, 1.82) is 0 Å². The molecule has 0 aliphatic rings. The third-order valence-electron chi connectivity index (χ3n) is 3.03. The summed E-state index contributed by atoms with van der Waals surface area (Å²) in [5.74, 6) is -0.873. The normalized spacial score (nSPS) is 13.6. The van der Waals surface area contributed by atoms with Crippen LogP contribution in [0, 0.1) is 0 Å².